The van der Waals surface area contributed by atoms with Gasteiger partial charge in [0.05, 0.1) is 6.26 Å². The van der Waals surface area contributed by atoms with E-state index in [1.165, 1.54) is 13.0 Å². The Labute approximate surface area is 53.9 Å². The van der Waals surface area contributed by atoms with E-state index in [1.54, 1.807) is 6.92 Å². The number of esters is 1. The lowest BCUT2D eigenvalue weighted by atomic mass is 10.4. The highest BCUT2D eigenvalue weighted by atomic mass is 16.5. The lowest BCUT2D eigenvalue weighted by Gasteiger charge is -2.03. The molecule has 0 radical (unpaired) electrons. The second-order valence-electron chi connectivity index (χ2n) is 1.66. The first-order chi connectivity index (χ1) is 4.16. The number of aliphatic hydroxyl groups excluding tert-OH is 1. The number of hydrogen-bond acceptors (Lipinski definition) is 3. The minimum Gasteiger partial charge on any atom is -0.516 e. The Hall–Kier alpha value is -0.990. The predicted molar refractivity (Wildman–Crippen MR) is 33.0 cm³/mol. The average molecular weight is 130 g/mol. The summed E-state index contributed by atoms with van der Waals surface area (Å²) in [5.41, 5.74) is 0. The molecule has 0 aromatic carbocycles. The maximum Gasteiger partial charge on any atom is 0.303 e. The highest BCUT2D eigenvalue weighted by Crippen LogP contribution is 1.91. The van der Waals surface area contributed by atoms with Gasteiger partial charge in [-0.05, 0) is 13.0 Å². The zero-order chi connectivity index (χ0) is 7.28. The van der Waals surface area contributed by atoms with Crippen LogP contribution in [-0.4, -0.2) is 17.2 Å². The van der Waals surface area contributed by atoms with Gasteiger partial charge in [-0.3, -0.25) is 4.79 Å². The molecule has 9 heavy (non-hydrogen) atoms. The van der Waals surface area contributed by atoms with E-state index in [0.717, 1.165) is 6.26 Å². The van der Waals surface area contributed by atoms with Crippen LogP contribution in [0.3, 0.4) is 0 Å². The zero-order valence-electron chi connectivity index (χ0n) is 5.50. The Kier molecular flexibility index (Phi) is 3.51. The second kappa shape index (κ2) is 3.95. The predicted octanol–water partition coefficient (Wildman–Crippen LogP) is 1.01. The summed E-state index contributed by atoms with van der Waals surface area (Å²) in [5, 5.41) is 8.18. The van der Waals surface area contributed by atoms with E-state index in [9.17, 15) is 4.79 Å². The molecule has 0 aromatic heterocycles. The monoisotopic (exact) mass is 130 g/mol. The fraction of sp³-hybridized carbons (Fsp3) is 0.500. The number of hydrogen-bond donors (Lipinski definition) is 1. The molecule has 0 heterocycles. The molecule has 0 saturated carbocycles. The van der Waals surface area contributed by atoms with Crippen LogP contribution in [0.5, 0.6) is 0 Å². The van der Waals surface area contributed by atoms with Crippen LogP contribution in [0.25, 0.3) is 0 Å². The Morgan fingerprint density at radius 3 is 2.67 bits per heavy atom. The Balaban J connectivity index is 3.50. The van der Waals surface area contributed by atoms with Gasteiger partial charge in [0.2, 0.25) is 0 Å². The summed E-state index contributed by atoms with van der Waals surface area (Å²) in [5.74, 6) is -0.347. The highest BCUT2D eigenvalue weighted by molar-refractivity contribution is 5.66. The summed E-state index contributed by atoms with van der Waals surface area (Å²) in [7, 11) is 0. The fourth-order valence-electron chi connectivity index (χ4n) is 0.422. The summed E-state index contributed by atoms with van der Waals surface area (Å²) in [6, 6.07) is 0. The van der Waals surface area contributed by atoms with Gasteiger partial charge < -0.3 is 9.84 Å². The van der Waals surface area contributed by atoms with Crippen molar-refractivity contribution in [3.63, 3.8) is 0 Å². The van der Waals surface area contributed by atoms with Crippen molar-refractivity contribution < 1.29 is 14.6 Å². The molecule has 0 rings (SSSR count). The normalized spacial score (nSPS) is 13.6. The molecule has 1 atom stereocenters. The first-order valence-electron chi connectivity index (χ1n) is 2.65. The quantitative estimate of drug-likeness (QED) is 0.448. The van der Waals surface area contributed by atoms with Gasteiger partial charge in [0.15, 0.2) is 0 Å². The number of aliphatic hydroxyl groups is 1. The molecule has 0 aliphatic carbocycles. The molecule has 0 spiro atoms. The van der Waals surface area contributed by atoms with Crippen molar-refractivity contribution in [2.75, 3.05) is 0 Å². The maximum absolute atomic E-state index is 10.2. The maximum atomic E-state index is 10.2. The summed E-state index contributed by atoms with van der Waals surface area (Å²) in [4.78, 5) is 10.2. The molecular formula is C6H10O3. The van der Waals surface area contributed by atoms with Gasteiger partial charge in [-0.15, -0.1) is 0 Å². The number of ether oxygens (including phenoxy) is 1. The van der Waals surface area contributed by atoms with Crippen LogP contribution < -0.4 is 0 Å². The van der Waals surface area contributed by atoms with E-state index in [2.05, 4.69) is 4.74 Å². The lowest BCUT2D eigenvalue weighted by molar-refractivity contribution is -0.143. The van der Waals surface area contributed by atoms with Crippen molar-refractivity contribution in [1.29, 1.82) is 0 Å². The third-order valence-electron chi connectivity index (χ3n) is 0.709. The van der Waals surface area contributed by atoms with Gasteiger partial charge in [0.25, 0.3) is 0 Å². The van der Waals surface area contributed by atoms with Crippen LogP contribution >= 0.6 is 0 Å². The van der Waals surface area contributed by atoms with Crippen LogP contribution in [0.2, 0.25) is 0 Å². The van der Waals surface area contributed by atoms with E-state index in [-0.39, 0.29) is 12.1 Å². The summed E-state index contributed by atoms with van der Waals surface area (Å²) in [6.07, 6.45) is 1.89. The molecule has 0 fully saturated rings. The first kappa shape index (κ1) is 8.01. The smallest absolute Gasteiger partial charge is 0.303 e. The Bertz CT molecular complexity index is 117. The third kappa shape index (κ3) is 4.87. The topological polar surface area (TPSA) is 46.5 Å². The molecule has 1 N–H and O–H groups in total. The van der Waals surface area contributed by atoms with Gasteiger partial charge in [0, 0.05) is 6.92 Å². The second-order valence-corrected chi connectivity index (χ2v) is 1.66. The van der Waals surface area contributed by atoms with Crippen molar-refractivity contribution >= 4 is 5.97 Å². The molecule has 0 aliphatic rings. The molecule has 52 valence electrons. The van der Waals surface area contributed by atoms with E-state index >= 15 is 0 Å². The molecule has 0 aromatic rings. The van der Waals surface area contributed by atoms with Gasteiger partial charge >= 0.3 is 5.97 Å². The van der Waals surface area contributed by atoms with Crippen molar-refractivity contribution in [2.24, 2.45) is 0 Å². The van der Waals surface area contributed by atoms with Gasteiger partial charge in [0.1, 0.15) is 6.10 Å². The average Bonchev–Trinajstić information content (AvgIpc) is 1.63. The van der Waals surface area contributed by atoms with Crippen molar-refractivity contribution in [3.8, 4) is 0 Å². The highest BCUT2D eigenvalue weighted by Gasteiger charge is 1.97. The largest absolute Gasteiger partial charge is 0.516 e. The Morgan fingerprint density at radius 1 is 1.78 bits per heavy atom. The van der Waals surface area contributed by atoms with E-state index in [0.29, 0.717) is 0 Å². The van der Waals surface area contributed by atoms with Crippen LogP contribution in [0.1, 0.15) is 13.8 Å². The van der Waals surface area contributed by atoms with Crippen molar-refractivity contribution in [2.45, 2.75) is 20.0 Å². The van der Waals surface area contributed by atoms with E-state index in [1.807, 2.05) is 0 Å². The molecule has 1 unspecified atom stereocenters. The van der Waals surface area contributed by atoms with Crippen LogP contribution in [0.15, 0.2) is 12.3 Å². The van der Waals surface area contributed by atoms with E-state index < -0.39 is 0 Å². The SMILES string of the molecule is CC(=O)OC(C)C=CO. The fourth-order valence-corrected chi connectivity index (χ4v) is 0.422. The number of rotatable bonds is 2. The minimum absolute atomic E-state index is 0.340. The lowest BCUT2D eigenvalue weighted by Crippen LogP contribution is -2.08. The minimum atomic E-state index is -0.347. The van der Waals surface area contributed by atoms with Gasteiger partial charge in [-0.25, -0.2) is 0 Å². The molecule has 0 amide bonds. The van der Waals surface area contributed by atoms with Crippen LogP contribution in [0.4, 0.5) is 0 Å². The molecule has 0 bridgehead atoms. The number of carbonyl (C=O) groups excluding carboxylic acids is 1. The van der Waals surface area contributed by atoms with Crippen molar-refractivity contribution in [1.82, 2.24) is 0 Å². The summed E-state index contributed by atoms with van der Waals surface area (Å²) >= 11 is 0. The Morgan fingerprint density at radius 2 is 2.33 bits per heavy atom. The molecule has 0 saturated heterocycles. The standard InChI is InChI=1S/C6H10O3/c1-5(3-4-7)9-6(2)8/h3-5,7H,1-2H3. The zero-order valence-corrected chi connectivity index (χ0v) is 5.50. The van der Waals surface area contributed by atoms with Gasteiger partial charge in [-0.2, -0.15) is 0 Å². The van der Waals surface area contributed by atoms with Crippen LogP contribution in [-0.2, 0) is 9.53 Å². The number of carbonyl (C=O) groups is 1. The summed E-state index contributed by atoms with van der Waals surface area (Å²) in [6.45, 7) is 2.98. The molecule has 3 heteroatoms. The van der Waals surface area contributed by atoms with Crippen LogP contribution in [0, 0.1) is 0 Å². The molecule has 0 aliphatic heterocycles. The van der Waals surface area contributed by atoms with Crippen molar-refractivity contribution in [3.05, 3.63) is 12.3 Å². The third-order valence-corrected chi connectivity index (χ3v) is 0.709. The molecule has 3 nitrogen and oxygen atoms in total. The molecular weight excluding hydrogens is 120 g/mol. The van der Waals surface area contributed by atoms with E-state index in [4.69, 9.17) is 5.11 Å². The summed E-state index contributed by atoms with van der Waals surface area (Å²) < 4.78 is 4.60. The van der Waals surface area contributed by atoms with Gasteiger partial charge in [-0.1, -0.05) is 0 Å². The first-order valence-corrected chi connectivity index (χ1v) is 2.65.